The van der Waals surface area contributed by atoms with Crippen LogP contribution in [-0.4, -0.2) is 0 Å². The van der Waals surface area contributed by atoms with Gasteiger partial charge in [-0.05, 0) is 47.9 Å². The van der Waals surface area contributed by atoms with E-state index < -0.39 is 0 Å². The van der Waals surface area contributed by atoms with Crippen LogP contribution in [0.15, 0.2) is 132 Å². The fourth-order valence-electron chi connectivity index (χ4n) is 3.99. The maximum atomic E-state index is 2.24. The summed E-state index contributed by atoms with van der Waals surface area (Å²) in [5.41, 5.74) is 8.56. The average Bonchev–Trinajstić information content (AvgIpc) is 2.81. The Kier molecular flexibility index (Phi) is 6.91. The Morgan fingerprint density at radius 1 is 0.300 bits per heavy atom. The minimum absolute atomic E-state index is 0.991. The van der Waals surface area contributed by atoms with Crippen LogP contribution in [0.4, 0.5) is 0 Å². The van der Waals surface area contributed by atoms with Crippen LogP contribution in [0.2, 0.25) is 0 Å². The zero-order chi connectivity index (χ0) is 20.4. The summed E-state index contributed by atoms with van der Waals surface area (Å²) in [4.78, 5) is 0. The molecule has 0 radical (unpaired) electrons. The molecular formula is C30H28. The van der Waals surface area contributed by atoms with E-state index in [2.05, 4.69) is 121 Å². The fourth-order valence-corrected chi connectivity index (χ4v) is 3.99. The van der Waals surface area contributed by atoms with Gasteiger partial charge in [-0.15, -0.1) is 0 Å². The van der Waals surface area contributed by atoms with Gasteiger partial charge in [-0.2, -0.15) is 0 Å². The molecule has 0 saturated carbocycles. The second-order valence-electron chi connectivity index (χ2n) is 7.86. The molecular weight excluding hydrogens is 360 g/mol. The summed E-state index contributed by atoms with van der Waals surface area (Å²) in [6.07, 6.45) is 3.96. The quantitative estimate of drug-likeness (QED) is 0.279. The van der Waals surface area contributed by atoms with Crippen LogP contribution in [0.25, 0.3) is 0 Å². The van der Waals surface area contributed by atoms with Crippen molar-refractivity contribution in [3.05, 3.63) is 155 Å². The van der Waals surface area contributed by atoms with Gasteiger partial charge in [-0.1, -0.05) is 132 Å². The second-order valence-corrected chi connectivity index (χ2v) is 7.86. The van der Waals surface area contributed by atoms with E-state index >= 15 is 0 Å². The van der Waals surface area contributed by atoms with Crippen LogP contribution < -0.4 is 0 Å². The van der Waals surface area contributed by atoms with Crippen molar-refractivity contribution >= 4 is 0 Å². The Morgan fingerprint density at radius 3 is 0.700 bits per heavy atom. The van der Waals surface area contributed by atoms with Crippen LogP contribution >= 0.6 is 0 Å². The molecule has 0 aliphatic heterocycles. The van der Waals surface area contributed by atoms with Crippen LogP contribution in [0.3, 0.4) is 0 Å². The van der Waals surface area contributed by atoms with Gasteiger partial charge in [-0.25, -0.2) is 0 Å². The topological polar surface area (TPSA) is 0 Å². The molecule has 4 rings (SSSR count). The van der Waals surface area contributed by atoms with Crippen molar-refractivity contribution in [1.82, 2.24) is 0 Å². The molecule has 0 aromatic heterocycles. The molecule has 0 bridgehead atoms. The van der Waals surface area contributed by atoms with Gasteiger partial charge in [0.25, 0.3) is 0 Å². The first-order valence-corrected chi connectivity index (χ1v) is 10.7. The Bertz CT molecular complexity index is 870. The molecule has 0 atom stereocenters. The van der Waals surface area contributed by atoms with Crippen molar-refractivity contribution in [3.63, 3.8) is 0 Å². The van der Waals surface area contributed by atoms with Crippen LogP contribution in [0.5, 0.6) is 0 Å². The largest absolute Gasteiger partial charge is 0.0622 e. The van der Waals surface area contributed by atoms with E-state index in [1.165, 1.54) is 33.4 Å². The van der Waals surface area contributed by atoms with E-state index in [0.29, 0.717) is 0 Å². The van der Waals surface area contributed by atoms with Crippen LogP contribution in [-0.2, 0) is 25.7 Å². The number of allylic oxidation sites excluding steroid dienone is 2. The van der Waals surface area contributed by atoms with Gasteiger partial charge in [-0.3, -0.25) is 0 Å². The minimum atomic E-state index is 0.991. The Labute approximate surface area is 180 Å². The third-order valence-corrected chi connectivity index (χ3v) is 5.54. The average molecular weight is 389 g/mol. The van der Waals surface area contributed by atoms with E-state index in [1.54, 1.807) is 0 Å². The predicted octanol–water partition coefficient (Wildman–Crippen LogP) is 7.25. The van der Waals surface area contributed by atoms with Gasteiger partial charge in [0.05, 0.1) is 0 Å². The molecule has 4 aromatic rings. The summed E-state index contributed by atoms with van der Waals surface area (Å²) in [7, 11) is 0. The van der Waals surface area contributed by atoms with Gasteiger partial charge >= 0.3 is 0 Å². The molecule has 0 spiro atoms. The van der Waals surface area contributed by atoms with E-state index in [9.17, 15) is 0 Å². The third-order valence-electron chi connectivity index (χ3n) is 5.54. The summed E-state index contributed by atoms with van der Waals surface area (Å²) >= 11 is 0. The lowest BCUT2D eigenvalue weighted by molar-refractivity contribution is 0.918. The Morgan fingerprint density at radius 2 is 0.500 bits per heavy atom. The highest BCUT2D eigenvalue weighted by Crippen LogP contribution is 2.24. The molecule has 0 unspecified atom stereocenters. The number of rotatable bonds is 8. The number of hydrogen-bond acceptors (Lipinski definition) is 0. The summed E-state index contributed by atoms with van der Waals surface area (Å²) in [6, 6.07) is 43.5. The third kappa shape index (κ3) is 5.81. The molecule has 0 heterocycles. The van der Waals surface area contributed by atoms with Crippen molar-refractivity contribution in [2.24, 2.45) is 0 Å². The van der Waals surface area contributed by atoms with Gasteiger partial charge in [0.2, 0.25) is 0 Å². The molecule has 0 N–H and O–H groups in total. The van der Waals surface area contributed by atoms with Crippen molar-refractivity contribution in [3.8, 4) is 0 Å². The maximum Gasteiger partial charge on any atom is -0.00609 e. The Hall–Kier alpha value is -3.38. The smallest absolute Gasteiger partial charge is 0.00609 e. The van der Waals surface area contributed by atoms with Gasteiger partial charge in [0.1, 0.15) is 0 Å². The first-order valence-electron chi connectivity index (χ1n) is 10.7. The van der Waals surface area contributed by atoms with E-state index in [0.717, 1.165) is 25.7 Å². The standard InChI is InChI=1S/C30H28/c1-5-13-25(14-6-1)21-29(22-26-15-7-2-8-16-26)30(23-27-17-9-3-10-18-27)24-28-19-11-4-12-20-28/h1-20H,21-24H2. The van der Waals surface area contributed by atoms with E-state index in [4.69, 9.17) is 0 Å². The van der Waals surface area contributed by atoms with Crippen molar-refractivity contribution in [2.45, 2.75) is 25.7 Å². The summed E-state index contributed by atoms with van der Waals surface area (Å²) in [5, 5.41) is 0. The summed E-state index contributed by atoms with van der Waals surface area (Å²) < 4.78 is 0. The fraction of sp³-hybridized carbons (Fsp3) is 0.133. The molecule has 0 nitrogen and oxygen atoms in total. The molecule has 4 aromatic carbocycles. The predicted molar refractivity (Wildman–Crippen MR) is 128 cm³/mol. The number of hydrogen-bond donors (Lipinski definition) is 0. The molecule has 0 amide bonds. The summed E-state index contributed by atoms with van der Waals surface area (Å²) in [5.74, 6) is 0. The van der Waals surface area contributed by atoms with Gasteiger partial charge < -0.3 is 0 Å². The van der Waals surface area contributed by atoms with Crippen molar-refractivity contribution < 1.29 is 0 Å². The maximum absolute atomic E-state index is 2.24. The molecule has 30 heavy (non-hydrogen) atoms. The van der Waals surface area contributed by atoms with E-state index in [1.807, 2.05) is 0 Å². The second kappa shape index (κ2) is 10.4. The Balaban J connectivity index is 1.74. The van der Waals surface area contributed by atoms with E-state index in [-0.39, 0.29) is 0 Å². The highest BCUT2D eigenvalue weighted by Gasteiger charge is 2.11. The molecule has 148 valence electrons. The molecule has 0 aliphatic carbocycles. The zero-order valence-electron chi connectivity index (χ0n) is 17.4. The van der Waals surface area contributed by atoms with Gasteiger partial charge in [0.15, 0.2) is 0 Å². The molecule has 0 aliphatic rings. The van der Waals surface area contributed by atoms with Gasteiger partial charge in [0, 0.05) is 0 Å². The highest BCUT2D eigenvalue weighted by atomic mass is 14.2. The number of benzene rings is 4. The molecule has 0 fully saturated rings. The lowest BCUT2D eigenvalue weighted by atomic mass is 9.87. The first-order chi connectivity index (χ1) is 14.9. The molecule has 0 heteroatoms. The minimum Gasteiger partial charge on any atom is -0.0622 e. The lowest BCUT2D eigenvalue weighted by Crippen LogP contribution is -2.06. The normalized spacial score (nSPS) is 10.5. The van der Waals surface area contributed by atoms with Crippen LogP contribution in [0.1, 0.15) is 22.3 Å². The highest BCUT2D eigenvalue weighted by molar-refractivity contribution is 5.36. The SMILES string of the molecule is c1ccc(CC(Cc2ccccc2)=C(Cc2ccccc2)Cc2ccccc2)cc1. The lowest BCUT2D eigenvalue weighted by Gasteiger charge is -2.18. The zero-order valence-corrected chi connectivity index (χ0v) is 17.4. The summed E-state index contributed by atoms with van der Waals surface area (Å²) in [6.45, 7) is 0. The van der Waals surface area contributed by atoms with Crippen LogP contribution in [0, 0.1) is 0 Å². The first kappa shape index (κ1) is 19.9. The van der Waals surface area contributed by atoms with Crippen molar-refractivity contribution in [1.29, 1.82) is 0 Å². The molecule has 0 saturated heterocycles. The monoisotopic (exact) mass is 388 g/mol. The van der Waals surface area contributed by atoms with Crippen molar-refractivity contribution in [2.75, 3.05) is 0 Å².